The largest absolute Gasteiger partial charge is 0.394 e. The zero-order valence-corrected chi connectivity index (χ0v) is 11.4. The van der Waals surface area contributed by atoms with Crippen LogP contribution in [0.2, 0.25) is 0 Å². The van der Waals surface area contributed by atoms with E-state index in [1.165, 1.54) is 0 Å². The van der Waals surface area contributed by atoms with Crippen molar-refractivity contribution in [3.05, 3.63) is 35.0 Å². The number of nitrogen functional groups attached to an aromatic ring is 1. The van der Waals surface area contributed by atoms with Crippen LogP contribution in [0.1, 0.15) is 23.7 Å². The fraction of sp³-hybridized carbons (Fsp3) is 0.286. The van der Waals surface area contributed by atoms with Crippen LogP contribution in [0.15, 0.2) is 18.2 Å². The van der Waals surface area contributed by atoms with E-state index in [2.05, 4.69) is 16.5 Å². The summed E-state index contributed by atoms with van der Waals surface area (Å²) in [5, 5.41) is 16.8. The van der Waals surface area contributed by atoms with Gasteiger partial charge in [0.05, 0.1) is 22.6 Å². The van der Waals surface area contributed by atoms with Crippen LogP contribution in [-0.2, 0) is 6.54 Å². The minimum Gasteiger partial charge on any atom is -0.394 e. The molecule has 0 saturated heterocycles. The van der Waals surface area contributed by atoms with Gasteiger partial charge in [0, 0.05) is 6.54 Å². The van der Waals surface area contributed by atoms with Gasteiger partial charge in [-0.3, -0.25) is 0 Å². The van der Waals surface area contributed by atoms with Crippen LogP contribution in [0.5, 0.6) is 0 Å². The Kier molecular flexibility index (Phi) is 3.43. The first kappa shape index (κ1) is 13.0. The van der Waals surface area contributed by atoms with Crippen molar-refractivity contribution < 1.29 is 0 Å². The summed E-state index contributed by atoms with van der Waals surface area (Å²) in [5.74, 6) is 0.738. The van der Waals surface area contributed by atoms with Gasteiger partial charge in [-0.1, -0.05) is 12.1 Å². The molecule has 98 valence electrons. The Morgan fingerprint density at radius 3 is 2.79 bits per heavy atom. The monoisotopic (exact) mass is 255 g/mol. The van der Waals surface area contributed by atoms with Crippen molar-refractivity contribution in [1.82, 2.24) is 9.78 Å². The fourth-order valence-corrected chi connectivity index (χ4v) is 2.00. The Morgan fingerprint density at radius 2 is 2.16 bits per heavy atom. The van der Waals surface area contributed by atoms with E-state index < -0.39 is 0 Å². The van der Waals surface area contributed by atoms with E-state index in [1.807, 2.05) is 39.0 Å². The lowest BCUT2D eigenvalue weighted by molar-refractivity contribution is 0.661. The van der Waals surface area contributed by atoms with Gasteiger partial charge in [0.15, 0.2) is 5.82 Å². The summed E-state index contributed by atoms with van der Waals surface area (Å²) in [6.45, 7) is 6.50. The molecule has 0 aliphatic rings. The maximum Gasteiger partial charge on any atom is 0.152 e. The second kappa shape index (κ2) is 5.02. The van der Waals surface area contributed by atoms with Crippen LogP contribution in [0.3, 0.4) is 0 Å². The summed E-state index contributed by atoms with van der Waals surface area (Å²) >= 11 is 0. The molecule has 1 aromatic carbocycles. The third-order valence-corrected chi connectivity index (χ3v) is 3.11. The van der Waals surface area contributed by atoms with Crippen LogP contribution in [0, 0.1) is 25.2 Å². The Labute approximate surface area is 112 Å². The van der Waals surface area contributed by atoms with Crippen molar-refractivity contribution in [2.75, 3.05) is 11.1 Å². The van der Waals surface area contributed by atoms with Gasteiger partial charge in [0.2, 0.25) is 0 Å². The molecule has 0 radical (unpaired) electrons. The van der Waals surface area contributed by atoms with Crippen molar-refractivity contribution in [3.8, 4) is 6.07 Å². The van der Waals surface area contributed by atoms with Crippen LogP contribution in [0.25, 0.3) is 0 Å². The highest BCUT2D eigenvalue weighted by Gasteiger charge is 2.13. The molecule has 0 saturated carbocycles. The predicted molar refractivity (Wildman–Crippen MR) is 76.2 cm³/mol. The lowest BCUT2D eigenvalue weighted by atomic mass is 10.1. The van der Waals surface area contributed by atoms with E-state index in [0.29, 0.717) is 17.8 Å². The molecule has 2 aromatic rings. The van der Waals surface area contributed by atoms with Gasteiger partial charge in [0.1, 0.15) is 6.07 Å². The molecule has 3 N–H and O–H groups in total. The molecule has 1 aromatic heterocycles. The van der Waals surface area contributed by atoms with Crippen LogP contribution in [0.4, 0.5) is 17.2 Å². The number of hydrogen-bond donors (Lipinski definition) is 2. The van der Waals surface area contributed by atoms with Gasteiger partial charge in [0.25, 0.3) is 0 Å². The summed E-state index contributed by atoms with van der Waals surface area (Å²) in [5.41, 5.74) is 9.75. The molecule has 0 spiro atoms. The fourth-order valence-electron chi connectivity index (χ4n) is 2.00. The molecule has 0 aliphatic carbocycles. The predicted octanol–water partition coefficient (Wildman–Crippen LogP) is 2.72. The van der Waals surface area contributed by atoms with Crippen LogP contribution in [-0.4, -0.2) is 9.78 Å². The van der Waals surface area contributed by atoms with Crippen molar-refractivity contribution in [3.63, 3.8) is 0 Å². The average molecular weight is 255 g/mol. The highest BCUT2D eigenvalue weighted by atomic mass is 15.3. The second-order valence-corrected chi connectivity index (χ2v) is 4.40. The zero-order valence-electron chi connectivity index (χ0n) is 11.4. The number of nitriles is 1. The molecule has 19 heavy (non-hydrogen) atoms. The number of nitrogens with one attached hydrogen (secondary N) is 1. The lowest BCUT2D eigenvalue weighted by Crippen LogP contribution is -2.05. The van der Waals surface area contributed by atoms with Crippen molar-refractivity contribution in [2.45, 2.75) is 27.3 Å². The third-order valence-electron chi connectivity index (χ3n) is 3.11. The highest BCUT2D eigenvalue weighted by Crippen LogP contribution is 2.28. The first-order valence-electron chi connectivity index (χ1n) is 6.18. The molecule has 0 aliphatic heterocycles. The van der Waals surface area contributed by atoms with E-state index in [1.54, 1.807) is 4.68 Å². The summed E-state index contributed by atoms with van der Waals surface area (Å²) in [6, 6.07) is 7.91. The Bertz CT molecular complexity index is 649. The van der Waals surface area contributed by atoms with Gasteiger partial charge in [-0.15, -0.1) is 0 Å². The molecule has 0 amide bonds. The third kappa shape index (κ3) is 2.25. The molecule has 0 fully saturated rings. The van der Waals surface area contributed by atoms with Crippen molar-refractivity contribution in [1.29, 1.82) is 5.26 Å². The van der Waals surface area contributed by atoms with E-state index in [-0.39, 0.29) is 0 Å². The first-order valence-corrected chi connectivity index (χ1v) is 6.18. The van der Waals surface area contributed by atoms with E-state index >= 15 is 0 Å². The van der Waals surface area contributed by atoms with Gasteiger partial charge < -0.3 is 11.1 Å². The quantitative estimate of drug-likeness (QED) is 0.883. The first-order chi connectivity index (χ1) is 9.08. The number of aromatic nitrogens is 2. The number of anilines is 3. The SMILES string of the molecule is CCn1nc(C)c(N)c1Nc1cccc(C)c1C#N. The standard InChI is InChI=1S/C14H17N5/c1-4-19-14(13(16)10(3)18-19)17-12-7-5-6-9(2)11(12)8-15/h5-7,17H,4,16H2,1-3H3. The van der Waals surface area contributed by atoms with Crippen molar-refractivity contribution >= 4 is 17.2 Å². The second-order valence-electron chi connectivity index (χ2n) is 4.40. The molecule has 0 atom stereocenters. The molecule has 2 rings (SSSR count). The average Bonchev–Trinajstić information content (AvgIpc) is 2.67. The highest BCUT2D eigenvalue weighted by molar-refractivity contribution is 5.74. The number of aryl methyl sites for hydroxylation is 3. The van der Waals surface area contributed by atoms with Crippen molar-refractivity contribution in [2.24, 2.45) is 0 Å². The van der Waals surface area contributed by atoms with Gasteiger partial charge in [-0.05, 0) is 32.4 Å². The molecule has 1 heterocycles. The number of hydrogen-bond acceptors (Lipinski definition) is 4. The Balaban J connectivity index is 2.48. The molecule has 0 unspecified atom stereocenters. The summed E-state index contributed by atoms with van der Waals surface area (Å²) in [4.78, 5) is 0. The Morgan fingerprint density at radius 1 is 1.42 bits per heavy atom. The lowest BCUT2D eigenvalue weighted by Gasteiger charge is -2.11. The Hall–Kier alpha value is -2.48. The van der Waals surface area contributed by atoms with Crippen LogP contribution >= 0.6 is 0 Å². The maximum atomic E-state index is 9.23. The van der Waals surface area contributed by atoms with E-state index in [4.69, 9.17) is 5.73 Å². The molecule has 5 heteroatoms. The zero-order chi connectivity index (χ0) is 14.0. The number of rotatable bonds is 3. The summed E-state index contributed by atoms with van der Waals surface area (Å²) < 4.78 is 1.80. The minimum absolute atomic E-state index is 0.618. The molecular formula is C14H17N5. The van der Waals surface area contributed by atoms with Gasteiger partial charge >= 0.3 is 0 Å². The normalized spacial score (nSPS) is 10.2. The number of nitrogens with zero attached hydrogens (tertiary/aromatic N) is 3. The van der Waals surface area contributed by atoms with E-state index in [0.717, 1.165) is 22.8 Å². The topological polar surface area (TPSA) is 79.7 Å². The van der Waals surface area contributed by atoms with Gasteiger partial charge in [-0.2, -0.15) is 10.4 Å². The molecule has 0 bridgehead atoms. The van der Waals surface area contributed by atoms with Gasteiger partial charge in [-0.25, -0.2) is 4.68 Å². The molecular weight excluding hydrogens is 238 g/mol. The minimum atomic E-state index is 0.618. The summed E-state index contributed by atoms with van der Waals surface area (Å²) in [7, 11) is 0. The number of benzene rings is 1. The van der Waals surface area contributed by atoms with Crippen LogP contribution < -0.4 is 11.1 Å². The molecule has 5 nitrogen and oxygen atoms in total. The summed E-state index contributed by atoms with van der Waals surface area (Å²) in [6.07, 6.45) is 0. The number of nitrogens with two attached hydrogens (primary N) is 1. The van der Waals surface area contributed by atoms with E-state index in [9.17, 15) is 5.26 Å². The maximum absolute atomic E-state index is 9.23. The smallest absolute Gasteiger partial charge is 0.152 e.